The van der Waals surface area contributed by atoms with Crippen LogP contribution in [0, 0.1) is 6.92 Å². The van der Waals surface area contributed by atoms with Crippen LogP contribution in [0.25, 0.3) is 0 Å². The van der Waals surface area contributed by atoms with E-state index in [9.17, 15) is 0 Å². The van der Waals surface area contributed by atoms with E-state index < -0.39 is 0 Å². The standard InChI is InChI=1S/C14H25N5/c1-11-9-17-14(15-3)18-13(11)16-10-12(2)19-7-5-4-6-8-19/h9,12H,4-8,10H2,1-3H3,(H2,15,16,17,18). The van der Waals surface area contributed by atoms with Crippen LogP contribution in [0.4, 0.5) is 11.8 Å². The fourth-order valence-corrected chi connectivity index (χ4v) is 2.47. The Bertz CT molecular complexity index is 401. The third-order valence-electron chi connectivity index (χ3n) is 3.77. The van der Waals surface area contributed by atoms with E-state index in [2.05, 4.69) is 32.4 Å². The van der Waals surface area contributed by atoms with Gasteiger partial charge in [0.25, 0.3) is 0 Å². The van der Waals surface area contributed by atoms with Gasteiger partial charge < -0.3 is 10.6 Å². The van der Waals surface area contributed by atoms with Crippen LogP contribution in [0.5, 0.6) is 0 Å². The van der Waals surface area contributed by atoms with Crippen LogP contribution >= 0.6 is 0 Å². The number of likely N-dealkylation sites (tertiary alicyclic amines) is 1. The highest BCUT2D eigenvalue weighted by atomic mass is 15.2. The molecule has 1 aromatic heterocycles. The summed E-state index contributed by atoms with van der Waals surface area (Å²) in [5.41, 5.74) is 1.09. The Kier molecular flexibility index (Phi) is 4.96. The van der Waals surface area contributed by atoms with E-state index in [1.165, 1.54) is 32.4 Å². The van der Waals surface area contributed by atoms with Crippen LogP contribution in [0.2, 0.25) is 0 Å². The van der Waals surface area contributed by atoms with Crippen LogP contribution in [0.3, 0.4) is 0 Å². The maximum atomic E-state index is 4.46. The first kappa shape index (κ1) is 14.1. The van der Waals surface area contributed by atoms with Gasteiger partial charge in [-0.05, 0) is 39.8 Å². The average molecular weight is 263 g/mol. The largest absolute Gasteiger partial charge is 0.368 e. The van der Waals surface area contributed by atoms with Crippen molar-refractivity contribution >= 4 is 11.8 Å². The second-order valence-electron chi connectivity index (χ2n) is 5.30. The summed E-state index contributed by atoms with van der Waals surface area (Å²) in [6.07, 6.45) is 5.90. The van der Waals surface area contributed by atoms with Gasteiger partial charge in [0.2, 0.25) is 5.95 Å². The van der Waals surface area contributed by atoms with Gasteiger partial charge in [-0.1, -0.05) is 6.42 Å². The lowest BCUT2D eigenvalue weighted by Gasteiger charge is -2.32. The third-order valence-corrected chi connectivity index (χ3v) is 3.77. The summed E-state index contributed by atoms with van der Waals surface area (Å²) in [5.74, 6) is 1.60. The van der Waals surface area contributed by atoms with E-state index >= 15 is 0 Å². The smallest absolute Gasteiger partial charge is 0.224 e. The Labute approximate surface area is 115 Å². The van der Waals surface area contributed by atoms with Crippen molar-refractivity contribution < 1.29 is 0 Å². The molecule has 106 valence electrons. The maximum Gasteiger partial charge on any atom is 0.224 e. The average Bonchev–Trinajstić information content (AvgIpc) is 2.47. The van der Waals surface area contributed by atoms with E-state index in [0.717, 1.165) is 17.9 Å². The lowest BCUT2D eigenvalue weighted by molar-refractivity contribution is 0.180. The van der Waals surface area contributed by atoms with Gasteiger partial charge in [-0.2, -0.15) is 4.98 Å². The lowest BCUT2D eigenvalue weighted by Crippen LogP contribution is -2.41. The number of aryl methyl sites for hydroxylation is 1. The molecule has 2 heterocycles. The molecule has 2 N–H and O–H groups in total. The van der Waals surface area contributed by atoms with Crippen molar-refractivity contribution in [3.8, 4) is 0 Å². The molecule has 0 aromatic carbocycles. The number of nitrogens with one attached hydrogen (secondary N) is 2. The van der Waals surface area contributed by atoms with Gasteiger partial charge in [0.15, 0.2) is 0 Å². The molecular formula is C14H25N5. The molecule has 1 saturated heterocycles. The van der Waals surface area contributed by atoms with Gasteiger partial charge in [0.05, 0.1) is 0 Å². The predicted octanol–water partition coefficient (Wildman–Crippen LogP) is 2.11. The van der Waals surface area contributed by atoms with Crippen molar-refractivity contribution in [1.29, 1.82) is 0 Å². The highest BCUT2D eigenvalue weighted by Gasteiger charge is 2.16. The zero-order valence-corrected chi connectivity index (χ0v) is 12.2. The molecule has 19 heavy (non-hydrogen) atoms. The number of hydrogen-bond acceptors (Lipinski definition) is 5. The molecule has 0 radical (unpaired) electrons. The monoisotopic (exact) mass is 263 g/mol. The molecule has 1 unspecified atom stereocenters. The molecular weight excluding hydrogens is 238 g/mol. The fourth-order valence-electron chi connectivity index (χ4n) is 2.47. The molecule has 0 amide bonds. The van der Waals surface area contributed by atoms with Crippen molar-refractivity contribution in [3.05, 3.63) is 11.8 Å². The molecule has 1 aliphatic heterocycles. The third kappa shape index (κ3) is 3.80. The van der Waals surface area contributed by atoms with E-state index in [4.69, 9.17) is 0 Å². The minimum atomic E-state index is 0.549. The second-order valence-corrected chi connectivity index (χ2v) is 5.30. The van der Waals surface area contributed by atoms with Crippen molar-refractivity contribution in [1.82, 2.24) is 14.9 Å². The van der Waals surface area contributed by atoms with Gasteiger partial charge >= 0.3 is 0 Å². The zero-order valence-electron chi connectivity index (χ0n) is 12.2. The summed E-state index contributed by atoms with van der Waals surface area (Å²) in [6.45, 7) is 7.71. The molecule has 5 nitrogen and oxygen atoms in total. The molecule has 0 saturated carbocycles. The molecule has 1 aromatic rings. The van der Waals surface area contributed by atoms with Gasteiger partial charge in [0, 0.05) is 31.4 Å². The summed E-state index contributed by atoms with van der Waals surface area (Å²) in [4.78, 5) is 11.2. The quantitative estimate of drug-likeness (QED) is 0.852. The summed E-state index contributed by atoms with van der Waals surface area (Å²) in [6, 6.07) is 0.549. The van der Waals surface area contributed by atoms with Crippen LogP contribution in [0.15, 0.2) is 6.20 Å². The normalized spacial score (nSPS) is 18.1. The summed E-state index contributed by atoms with van der Waals surface area (Å²) >= 11 is 0. The van der Waals surface area contributed by atoms with Crippen molar-refractivity contribution in [2.24, 2.45) is 0 Å². The molecule has 1 aliphatic rings. The first-order chi connectivity index (χ1) is 9.20. The molecule has 5 heteroatoms. The zero-order chi connectivity index (χ0) is 13.7. The number of hydrogen-bond donors (Lipinski definition) is 2. The van der Waals surface area contributed by atoms with Crippen molar-refractivity contribution in [2.45, 2.75) is 39.2 Å². The van der Waals surface area contributed by atoms with Crippen LogP contribution in [-0.4, -0.2) is 47.6 Å². The fraction of sp³-hybridized carbons (Fsp3) is 0.714. The Morgan fingerprint density at radius 2 is 2.05 bits per heavy atom. The number of piperidine rings is 1. The first-order valence-corrected chi connectivity index (χ1v) is 7.20. The highest BCUT2D eigenvalue weighted by molar-refractivity contribution is 5.46. The first-order valence-electron chi connectivity index (χ1n) is 7.20. The lowest BCUT2D eigenvalue weighted by atomic mass is 10.1. The topological polar surface area (TPSA) is 53.1 Å². The van der Waals surface area contributed by atoms with Gasteiger partial charge in [-0.25, -0.2) is 4.98 Å². The van der Waals surface area contributed by atoms with E-state index in [0.29, 0.717) is 12.0 Å². The summed E-state index contributed by atoms with van der Waals surface area (Å²) in [7, 11) is 1.84. The summed E-state index contributed by atoms with van der Waals surface area (Å²) < 4.78 is 0. The van der Waals surface area contributed by atoms with Gasteiger partial charge in [-0.15, -0.1) is 0 Å². The number of rotatable bonds is 5. The molecule has 1 atom stereocenters. The number of nitrogens with zero attached hydrogens (tertiary/aromatic N) is 3. The minimum Gasteiger partial charge on any atom is -0.368 e. The SMILES string of the molecule is CNc1ncc(C)c(NCC(C)N2CCCCC2)n1. The second kappa shape index (κ2) is 6.70. The highest BCUT2D eigenvalue weighted by Crippen LogP contribution is 2.15. The molecule has 0 aliphatic carbocycles. The molecule has 2 rings (SSSR count). The van der Waals surface area contributed by atoms with Crippen LogP contribution in [0.1, 0.15) is 31.7 Å². The Hall–Kier alpha value is -1.36. The number of aromatic nitrogens is 2. The predicted molar refractivity (Wildman–Crippen MR) is 79.7 cm³/mol. The van der Waals surface area contributed by atoms with Crippen molar-refractivity contribution in [2.75, 3.05) is 37.3 Å². The molecule has 0 spiro atoms. The Morgan fingerprint density at radius 1 is 1.32 bits per heavy atom. The Balaban J connectivity index is 1.90. The maximum absolute atomic E-state index is 4.46. The summed E-state index contributed by atoms with van der Waals surface area (Å²) in [5, 5.41) is 6.42. The van der Waals surface area contributed by atoms with E-state index in [1.54, 1.807) is 0 Å². The molecule has 0 bridgehead atoms. The molecule has 1 fully saturated rings. The number of anilines is 2. The van der Waals surface area contributed by atoms with Crippen molar-refractivity contribution in [3.63, 3.8) is 0 Å². The Morgan fingerprint density at radius 3 is 2.74 bits per heavy atom. The van der Waals surface area contributed by atoms with Crippen LogP contribution < -0.4 is 10.6 Å². The van der Waals surface area contributed by atoms with Gasteiger partial charge in [0.1, 0.15) is 5.82 Å². The minimum absolute atomic E-state index is 0.549. The van der Waals surface area contributed by atoms with Gasteiger partial charge in [-0.3, -0.25) is 4.90 Å². The van der Waals surface area contributed by atoms with Crippen LogP contribution in [-0.2, 0) is 0 Å². The van der Waals surface area contributed by atoms with E-state index in [1.807, 2.05) is 20.2 Å². The van der Waals surface area contributed by atoms with E-state index in [-0.39, 0.29) is 0 Å².